The van der Waals surface area contributed by atoms with Crippen LogP contribution < -0.4 is 18.9 Å². The molecule has 73 heavy (non-hydrogen) atoms. The Morgan fingerprint density at radius 3 is 1.10 bits per heavy atom. The Morgan fingerprint density at radius 1 is 0.329 bits per heavy atom. The van der Waals surface area contributed by atoms with Crippen molar-refractivity contribution in [3.63, 3.8) is 0 Å². The van der Waals surface area contributed by atoms with Crippen LogP contribution in [0.4, 0.5) is 0 Å². The van der Waals surface area contributed by atoms with Crippen molar-refractivity contribution < 1.29 is 18.9 Å². The minimum absolute atomic E-state index is 0.541. The van der Waals surface area contributed by atoms with Crippen LogP contribution >= 0.6 is 0 Å². The molecule has 0 fully saturated rings. The Balaban J connectivity index is 0.822. The molecule has 0 radical (unpaired) electrons. The molecule has 14 heteroatoms. The number of ether oxygens (including phenoxy) is 4. The number of nitrogens with zero attached hydrogens (tertiary/aromatic N) is 10. The summed E-state index contributed by atoms with van der Waals surface area (Å²) in [6, 6.07) is 53.2. The van der Waals surface area contributed by atoms with Crippen molar-refractivity contribution in [3.05, 3.63) is 180 Å². The highest BCUT2D eigenvalue weighted by Gasteiger charge is 2.21. The number of aromatic nitrogens is 10. The average molecular weight is 963 g/mol. The number of pyridine rings is 2. The fourth-order valence-corrected chi connectivity index (χ4v) is 9.91. The highest BCUT2D eigenvalue weighted by atomic mass is 16.5. The molecule has 0 aliphatic rings. The Kier molecular flexibility index (Phi) is 11.4. The lowest BCUT2D eigenvalue weighted by atomic mass is 10.0. The van der Waals surface area contributed by atoms with Crippen LogP contribution in [-0.2, 0) is 33.6 Å². The molecule has 6 heterocycles. The molecule has 0 saturated carbocycles. The van der Waals surface area contributed by atoms with Crippen LogP contribution in [0, 0.1) is 0 Å². The SMILES string of the molecule is COc1cc(Cn2c(-c3cccc(-c4nc5cc(Cc6ccc7c(c6)nc(-c6cccc(-c8nc9ccccc9n8Cc8cc(OC)cc(OC)c8)n6)n7C)ccc5n4C)n3)nc3ccccc32)cc(OC)c1. The molecule has 14 nitrogen and oxygen atoms in total. The quantitative estimate of drug-likeness (QED) is 0.104. The zero-order chi connectivity index (χ0) is 49.7. The topological polar surface area (TPSA) is 134 Å². The highest BCUT2D eigenvalue weighted by Crippen LogP contribution is 2.33. The number of benzene rings is 6. The Labute approximate surface area is 420 Å². The predicted octanol–water partition coefficient (Wildman–Crippen LogP) is 11.3. The van der Waals surface area contributed by atoms with Crippen LogP contribution in [0.5, 0.6) is 23.0 Å². The van der Waals surface area contributed by atoms with Gasteiger partial charge >= 0.3 is 0 Å². The van der Waals surface area contributed by atoms with Crippen molar-refractivity contribution >= 4 is 44.1 Å². The number of aryl methyl sites for hydroxylation is 2. The van der Waals surface area contributed by atoms with Gasteiger partial charge in [0.25, 0.3) is 0 Å². The largest absolute Gasteiger partial charge is 0.497 e. The molecular weight excluding hydrogens is 913 g/mol. The van der Waals surface area contributed by atoms with Gasteiger partial charge < -0.3 is 37.2 Å². The molecule has 0 amide bonds. The fraction of sp³-hybridized carbons (Fsp3) is 0.153. The van der Waals surface area contributed by atoms with Crippen molar-refractivity contribution in [2.45, 2.75) is 19.5 Å². The smallest absolute Gasteiger partial charge is 0.160 e. The van der Waals surface area contributed by atoms with Gasteiger partial charge in [-0.3, -0.25) is 0 Å². The summed E-state index contributed by atoms with van der Waals surface area (Å²) in [4.78, 5) is 30.9. The summed E-state index contributed by atoms with van der Waals surface area (Å²) in [5.74, 6) is 5.96. The van der Waals surface area contributed by atoms with E-state index in [1.807, 2.05) is 123 Å². The van der Waals surface area contributed by atoms with Crippen LogP contribution in [0.15, 0.2) is 158 Å². The minimum atomic E-state index is 0.541. The molecule has 0 spiro atoms. The van der Waals surface area contributed by atoms with Crippen LogP contribution in [0.25, 0.3) is 90.2 Å². The zero-order valence-corrected chi connectivity index (χ0v) is 41.2. The van der Waals surface area contributed by atoms with Gasteiger partial charge in [-0.05, 0) is 126 Å². The first-order chi connectivity index (χ1) is 35.7. The van der Waals surface area contributed by atoms with Crippen molar-refractivity contribution in [2.24, 2.45) is 14.1 Å². The van der Waals surface area contributed by atoms with Crippen LogP contribution in [0.3, 0.4) is 0 Å². The lowest BCUT2D eigenvalue weighted by Gasteiger charge is -2.12. The minimum Gasteiger partial charge on any atom is -0.497 e. The van der Waals surface area contributed by atoms with E-state index in [0.29, 0.717) is 19.5 Å². The van der Waals surface area contributed by atoms with Crippen molar-refractivity contribution in [3.8, 4) is 69.1 Å². The number of hydrogen-bond acceptors (Lipinski definition) is 10. The third-order valence-electron chi connectivity index (χ3n) is 13.5. The van der Waals surface area contributed by atoms with Gasteiger partial charge in [0.2, 0.25) is 0 Å². The number of para-hydroxylation sites is 4. The number of methoxy groups -OCH3 is 4. The van der Waals surface area contributed by atoms with Crippen LogP contribution in [0.2, 0.25) is 0 Å². The maximum atomic E-state index is 5.60. The number of fused-ring (bicyclic) bond motifs is 4. The average Bonchev–Trinajstić information content (AvgIpc) is 4.18. The normalized spacial score (nSPS) is 11.6. The molecule has 0 aliphatic carbocycles. The lowest BCUT2D eigenvalue weighted by Crippen LogP contribution is -2.04. The lowest BCUT2D eigenvalue weighted by molar-refractivity contribution is 0.393. The fourth-order valence-electron chi connectivity index (χ4n) is 9.91. The highest BCUT2D eigenvalue weighted by molar-refractivity contribution is 5.85. The molecule has 0 bridgehead atoms. The number of rotatable bonds is 14. The van der Waals surface area contributed by atoms with E-state index in [1.165, 1.54) is 0 Å². The molecule has 0 saturated heterocycles. The van der Waals surface area contributed by atoms with Gasteiger partial charge in [0, 0.05) is 39.3 Å². The second kappa shape index (κ2) is 18.5. The van der Waals surface area contributed by atoms with Gasteiger partial charge in [0.15, 0.2) is 23.3 Å². The first kappa shape index (κ1) is 44.9. The zero-order valence-electron chi connectivity index (χ0n) is 41.2. The summed E-state index contributed by atoms with van der Waals surface area (Å²) >= 11 is 0. The van der Waals surface area contributed by atoms with E-state index >= 15 is 0 Å². The Bertz CT molecular complexity index is 3770. The van der Waals surface area contributed by atoms with Gasteiger partial charge in [0.05, 0.1) is 72.6 Å². The van der Waals surface area contributed by atoms with Gasteiger partial charge in [-0.1, -0.05) is 48.5 Å². The standard InChI is InChI=1S/C59H50N10O4/c1-66-52-23-21-36(30-50(52)64-56(66)46-15-11-17-48(60-46)58-62-44-13-7-9-19-54(44)68(58)34-38-26-40(70-3)32-41(27-38)71-4)25-37-22-24-53-51(31-37)65-57(67(53)2)47-16-12-18-49(61-47)59-63-45-14-8-10-20-55(45)69(59)35-39-28-42(72-5)33-43(29-39)73-6/h7-24,26-33H,25,34-35H2,1-6H3. The molecule has 12 aromatic rings. The van der Waals surface area contributed by atoms with E-state index in [0.717, 1.165) is 135 Å². The summed E-state index contributed by atoms with van der Waals surface area (Å²) in [7, 11) is 10.7. The van der Waals surface area contributed by atoms with E-state index in [-0.39, 0.29) is 0 Å². The van der Waals surface area contributed by atoms with Crippen molar-refractivity contribution in [1.82, 2.24) is 48.2 Å². The first-order valence-corrected chi connectivity index (χ1v) is 23.9. The Morgan fingerprint density at radius 2 is 0.699 bits per heavy atom. The molecule has 0 N–H and O–H groups in total. The molecule has 0 aliphatic heterocycles. The summed E-state index contributed by atoms with van der Waals surface area (Å²) in [6.45, 7) is 1.08. The second-order valence-electron chi connectivity index (χ2n) is 18.1. The third kappa shape index (κ3) is 8.31. The van der Waals surface area contributed by atoms with E-state index < -0.39 is 0 Å². The molecule has 360 valence electrons. The van der Waals surface area contributed by atoms with Crippen LogP contribution in [-0.4, -0.2) is 76.6 Å². The number of hydrogen-bond donors (Lipinski definition) is 0. The Hall–Kier alpha value is -9.30. The first-order valence-electron chi connectivity index (χ1n) is 23.9. The van der Waals surface area contributed by atoms with Crippen molar-refractivity contribution in [2.75, 3.05) is 28.4 Å². The third-order valence-corrected chi connectivity index (χ3v) is 13.5. The molecule has 0 unspecified atom stereocenters. The molecule has 6 aromatic heterocycles. The monoisotopic (exact) mass is 962 g/mol. The van der Waals surface area contributed by atoms with Gasteiger partial charge in [0.1, 0.15) is 45.8 Å². The van der Waals surface area contributed by atoms with E-state index in [1.54, 1.807) is 28.4 Å². The van der Waals surface area contributed by atoms with E-state index in [4.69, 9.17) is 48.9 Å². The molecule has 12 rings (SSSR count). The summed E-state index contributed by atoms with van der Waals surface area (Å²) in [5, 5.41) is 0. The summed E-state index contributed by atoms with van der Waals surface area (Å²) in [5.41, 5.74) is 14.9. The molecule has 0 atom stereocenters. The van der Waals surface area contributed by atoms with E-state index in [9.17, 15) is 0 Å². The second-order valence-corrected chi connectivity index (χ2v) is 18.1. The maximum absolute atomic E-state index is 5.60. The predicted molar refractivity (Wildman–Crippen MR) is 285 cm³/mol. The van der Waals surface area contributed by atoms with Crippen molar-refractivity contribution in [1.29, 1.82) is 0 Å². The van der Waals surface area contributed by atoms with Gasteiger partial charge in [-0.15, -0.1) is 0 Å². The number of imidazole rings is 4. The maximum Gasteiger partial charge on any atom is 0.160 e. The summed E-state index contributed by atoms with van der Waals surface area (Å²) in [6.07, 6.45) is 0.704. The van der Waals surface area contributed by atoms with Gasteiger partial charge in [-0.25, -0.2) is 29.9 Å². The van der Waals surface area contributed by atoms with Gasteiger partial charge in [-0.2, -0.15) is 0 Å². The van der Waals surface area contributed by atoms with E-state index in [2.05, 4.69) is 66.8 Å². The molecular formula is C59H50N10O4. The molecule has 6 aromatic carbocycles. The summed E-state index contributed by atoms with van der Waals surface area (Å²) < 4.78 is 31.0. The van der Waals surface area contributed by atoms with Crippen LogP contribution in [0.1, 0.15) is 22.3 Å².